The van der Waals surface area contributed by atoms with Gasteiger partial charge in [0.2, 0.25) is 0 Å². The van der Waals surface area contributed by atoms with Gasteiger partial charge >= 0.3 is 0 Å². The predicted molar refractivity (Wildman–Crippen MR) is 104 cm³/mol. The number of tetrazole rings is 1. The van der Waals surface area contributed by atoms with Crippen LogP contribution in [0.15, 0.2) is 18.2 Å². The van der Waals surface area contributed by atoms with Gasteiger partial charge in [0.15, 0.2) is 5.82 Å². The molecule has 3 aromatic rings. The monoisotopic (exact) mass is 369 g/mol. The van der Waals surface area contributed by atoms with E-state index in [0.29, 0.717) is 0 Å². The van der Waals surface area contributed by atoms with Gasteiger partial charge in [0.05, 0.1) is 22.7 Å². The number of ether oxygens (including phenoxy) is 1. The summed E-state index contributed by atoms with van der Waals surface area (Å²) in [5, 5.41) is 16.1. The molecule has 4 rings (SSSR count). The SMILES string of the molecule is CCn1nnnc1C(C)(CC1CCCO1)Nc1ccc2nc(C)n(C)c2c1. The minimum absolute atomic E-state index is 0.215. The summed E-state index contributed by atoms with van der Waals surface area (Å²) in [4.78, 5) is 4.59. The molecule has 1 saturated heterocycles. The quantitative estimate of drug-likeness (QED) is 0.719. The molecule has 2 aromatic heterocycles. The number of nitrogens with zero attached hydrogens (tertiary/aromatic N) is 6. The fraction of sp³-hybridized carbons (Fsp3) is 0.579. The molecular weight excluding hydrogens is 342 g/mol. The van der Waals surface area contributed by atoms with Crippen molar-refractivity contribution in [2.45, 2.75) is 58.2 Å². The number of hydrogen-bond acceptors (Lipinski definition) is 6. The molecule has 0 aliphatic carbocycles. The molecule has 2 unspecified atom stereocenters. The molecule has 1 N–H and O–H groups in total. The minimum atomic E-state index is -0.435. The van der Waals surface area contributed by atoms with Crippen molar-refractivity contribution in [3.05, 3.63) is 29.8 Å². The van der Waals surface area contributed by atoms with Crippen molar-refractivity contribution in [1.29, 1.82) is 0 Å². The molecule has 0 saturated carbocycles. The molecule has 0 spiro atoms. The number of hydrogen-bond donors (Lipinski definition) is 1. The summed E-state index contributed by atoms with van der Waals surface area (Å²) >= 11 is 0. The van der Waals surface area contributed by atoms with E-state index >= 15 is 0 Å². The first-order valence-electron chi connectivity index (χ1n) is 9.59. The lowest BCUT2D eigenvalue weighted by Crippen LogP contribution is -2.38. The molecule has 0 bridgehead atoms. The molecule has 0 radical (unpaired) electrons. The van der Waals surface area contributed by atoms with E-state index in [-0.39, 0.29) is 6.10 Å². The third-order valence-electron chi connectivity index (χ3n) is 5.51. The van der Waals surface area contributed by atoms with Crippen LogP contribution in [0.1, 0.15) is 44.8 Å². The first-order chi connectivity index (χ1) is 13.0. The summed E-state index contributed by atoms with van der Waals surface area (Å²) in [7, 11) is 2.04. The van der Waals surface area contributed by atoms with Gasteiger partial charge < -0.3 is 14.6 Å². The van der Waals surface area contributed by atoms with Crippen molar-refractivity contribution in [1.82, 2.24) is 29.8 Å². The van der Waals surface area contributed by atoms with Gasteiger partial charge in [0.1, 0.15) is 5.82 Å². The number of aryl methyl sites for hydroxylation is 3. The summed E-state index contributed by atoms with van der Waals surface area (Å²) in [5.74, 6) is 1.83. The molecule has 1 aliphatic heterocycles. The van der Waals surface area contributed by atoms with Crippen LogP contribution in [-0.4, -0.2) is 42.5 Å². The Bertz CT molecular complexity index is 941. The van der Waals surface area contributed by atoms with Crippen LogP contribution in [-0.2, 0) is 23.9 Å². The number of imidazole rings is 1. The second-order valence-electron chi connectivity index (χ2n) is 7.54. The van der Waals surface area contributed by atoms with E-state index in [1.807, 2.05) is 18.7 Å². The average Bonchev–Trinajstić information content (AvgIpc) is 3.38. The lowest BCUT2D eigenvalue weighted by Gasteiger charge is -2.32. The Hall–Kier alpha value is -2.48. The smallest absolute Gasteiger partial charge is 0.176 e. The zero-order chi connectivity index (χ0) is 19.0. The van der Waals surface area contributed by atoms with Crippen LogP contribution in [0.2, 0.25) is 0 Å². The predicted octanol–water partition coefficient (Wildman–Crippen LogP) is 2.78. The van der Waals surface area contributed by atoms with Gasteiger partial charge in [0.25, 0.3) is 0 Å². The first-order valence-corrected chi connectivity index (χ1v) is 9.59. The van der Waals surface area contributed by atoms with Crippen molar-refractivity contribution in [2.75, 3.05) is 11.9 Å². The molecule has 8 nitrogen and oxygen atoms in total. The zero-order valence-corrected chi connectivity index (χ0v) is 16.4. The van der Waals surface area contributed by atoms with E-state index in [9.17, 15) is 0 Å². The Morgan fingerprint density at radius 1 is 1.37 bits per heavy atom. The van der Waals surface area contributed by atoms with Gasteiger partial charge in [-0.3, -0.25) is 0 Å². The molecule has 3 heterocycles. The Morgan fingerprint density at radius 3 is 2.96 bits per heavy atom. The second kappa shape index (κ2) is 6.92. The van der Waals surface area contributed by atoms with Gasteiger partial charge in [0, 0.05) is 32.3 Å². The lowest BCUT2D eigenvalue weighted by atomic mass is 9.91. The fourth-order valence-corrected chi connectivity index (χ4v) is 3.98. The topological polar surface area (TPSA) is 82.7 Å². The van der Waals surface area contributed by atoms with Gasteiger partial charge in [-0.15, -0.1) is 5.10 Å². The van der Waals surface area contributed by atoms with Crippen molar-refractivity contribution < 1.29 is 4.74 Å². The molecule has 0 amide bonds. The summed E-state index contributed by atoms with van der Waals surface area (Å²) in [6.45, 7) is 7.79. The highest BCUT2D eigenvalue weighted by atomic mass is 16.5. The van der Waals surface area contributed by atoms with Crippen LogP contribution >= 0.6 is 0 Å². The minimum Gasteiger partial charge on any atom is -0.378 e. The standard InChI is InChI=1S/C19H27N7O/c1-5-26-18(22-23-24-26)19(3,12-15-7-6-10-27-15)21-14-8-9-16-17(11-14)25(4)13(2)20-16/h8-9,11,15,21H,5-7,10,12H2,1-4H3. The number of rotatable bonds is 6. The van der Waals surface area contributed by atoms with Gasteiger partial charge in [-0.25, -0.2) is 9.67 Å². The van der Waals surface area contributed by atoms with Crippen LogP contribution in [0, 0.1) is 6.92 Å². The van der Waals surface area contributed by atoms with Crippen LogP contribution in [0.4, 0.5) is 5.69 Å². The zero-order valence-electron chi connectivity index (χ0n) is 16.4. The summed E-state index contributed by atoms with van der Waals surface area (Å²) in [6.07, 6.45) is 3.22. The second-order valence-corrected chi connectivity index (χ2v) is 7.54. The Labute approximate surface area is 158 Å². The molecule has 1 aliphatic rings. The molecule has 27 heavy (non-hydrogen) atoms. The van der Waals surface area contributed by atoms with E-state index in [0.717, 1.165) is 60.8 Å². The van der Waals surface area contributed by atoms with Crippen LogP contribution in [0.25, 0.3) is 11.0 Å². The Kier molecular flexibility index (Phi) is 4.59. The Morgan fingerprint density at radius 2 is 2.22 bits per heavy atom. The van der Waals surface area contributed by atoms with E-state index < -0.39 is 5.54 Å². The molecule has 2 atom stereocenters. The number of fused-ring (bicyclic) bond motifs is 1. The maximum absolute atomic E-state index is 5.92. The first kappa shape index (κ1) is 17.9. The summed E-state index contributed by atoms with van der Waals surface area (Å²) < 4.78 is 9.88. The number of benzene rings is 1. The van der Waals surface area contributed by atoms with Gasteiger partial charge in [-0.05, 0) is 62.2 Å². The largest absolute Gasteiger partial charge is 0.378 e. The summed E-state index contributed by atoms with van der Waals surface area (Å²) in [5.41, 5.74) is 2.69. The summed E-state index contributed by atoms with van der Waals surface area (Å²) in [6, 6.07) is 6.27. The van der Waals surface area contributed by atoms with Crippen molar-refractivity contribution in [3.63, 3.8) is 0 Å². The fourth-order valence-electron chi connectivity index (χ4n) is 3.98. The average molecular weight is 369 g/mol. The number of nitrogens with one attached hydrogen (secondary N) is 1. The molecule has 144 valence electrons. The third-order valence-corrected chi connectivity index (χ3v) is 5.51. The maximum atomic E-state index is 5.92. The molecular formula is C19H27N7O. The van der Waals surface area contributed by atoms with Gasteiger partial charge in [-0.1, -0.05) is 0 Å². The number of aromatic nitrogens is 6. The van der Waals surface area contributed by atoms with Crippen LogP contribution < -0.4 is 5.32 Å². The number of anilines is 1. The van der Waals surface area contributed by atoms with E-state index in [4.69, 9.17) is 4.74 Å². The lowest BCUT2D eigenvalue weighted by molar-refractivity contribution is 0.0867. The Balaban J connectivity index is 1.71. The highest BCUT2D eigenvalue weighted by Gasteiger charge is 2.36. The highest BCUT2D eigenvalue weighted by Crippen LogP contribution is 2.33. The molecule has 1 aromatic carbocycles. The molecule has 8 heteroatoms. The maximum Gasteiger partial charge on any atom is 0.176 e. The highest BCUT2D eigenvalue weighted by molar-refractivity contribution is 5.80. The normalized spacial score (nSPS) is 19.5. The van der Waals surface area contributed by atoms with Crippen molar-refractivity contribution in [3.8, 4) is 0 Å². The van der Waals surface area contributed by atoms with Crippen LogP contribution in [0.3, 0.4) is 0 Å². The van der Waals surface area contributed by atoms with Crippen LogP contribution in [0.5, 0.6) is 0 Å². The van der Waals surface area contributed by atoms with Crippen molar-refractivity contribution in [2.24, 2.45) is 7.05 Å². The molecule has 1 fully saturated rings. The van der Waals surface area contributed by atoms with Crippen molar-refractivity contribution >= 4 is 16.7 Å². The van der Waals surface area contributed by atoms with E-state index in [1.165, 1.54) is 0 Å². The van der Waals surface area contributed by atoms with E-state index in [1.54, 1.807) is 0 Å². The van der Waals surface area contributed by atoms with Gasteiger partial charge in [-0.2, -0.15) is 0 Å². The third kappa shape index (κ3) is 3.29. The van der Waals surface area contributed by atoms with E-state index in [2.05, 4.69) is 62.4 Å².